The molecule has 90 valence electrons. The molecule has 0 aliphatic carbocycles. The van der Waals surface area contributed by atoms with Crippen molar-refractivity contribution in [2.24, 2.45) is 0 Å². The smallest absolute Gasteiger partial charge is 0.186 e. The van der Waals surface area contributed by atoms with Crippen molar-refractivity contribution in [2.45, 2.75) is 18.6 Å². The Kier molecular flexibility index (Phi) is 4.34. The van der Waals surface area contributed by atoms with Crippen LogP contribution in [0, 0.1) is 0 Å². The number of pyridine rings is 1. The summed E-state index contributed by atoms with van der Waals surface area (Å²) in [5.41, 5.74) is 2.22. The van der Waals surface area contributed by atoms with Crippen LogP contribution in [0.2, 0.25) is 0 Å². The van der Waals surface area contributed by atoms with Gasteiger partial charge in [0.05, 0.1) is 5.69 Å². The molecule has 0 aromatic carbocycles. The monoisotopic (exact) mass is 248 g/mol. The van der Waals surface area contributed by atoms with Gasteiger partial charge in [-0.05, 0) is 36.7 Å². The van der Waals surface area contributed by atoms with Crippen LogP contribution >= 0.6 is 11.8 Å². The Balaban J connectivity index is 2.16. The number of carbonyl (C=O) groups excluding carboxylic acids is 1. The van der Waals surface area contributed by atoms with Crippen molar-refractivity contribution >= 4 is 23.0 Å². The molecule has 0 bridgehead atoms. The number of nitrogens with one attached hydrogen (secondary N) is 1. The van der Waals surface area contributed by atoms with Gasteiger partial charge in [-0.2, -0.15) is 0 Å². The van der Waals surface area contributed by atoms with E-state index in [1.807, 2.05) is 18.2 Å². The highest BCUT2D eigenvalue weighted by Crippen LogP contribution is 2.26. The zero-order chi connectivity index (χ0) is 12.1. The third-order valence-corrected chi connectivity index (χ3v) is 3.81. The molecule has 1 unspecified atom stereocenters. The third kappa shape index (κ3) is 3.68. The van der Waals surface area contributed by atoms with Crippen LogP contribution in [0.4, 0.5) is 0 Å². The zero-order valence-electron chi connectivity index (χ0n) is 9.85. The van der Waals surface area contributed by atoms with Crippen molar-refractivity contribution in [2.75, 3.05) is 13.1 Å². The summed E-state index contributed by atoms with van der Waals surface area (Å²) in [6.07, 6.45) is 4.88. The van der Waals surface area contributed by atoms with Crippen molar-refractivity contribution in [3.05, 3.63) is 35.7 Å². The normalized spacial score (nSPS) is 22.6. The van der Waals surface area contributed by atoms with E-state index in [1.54, 1.807) is 13.1 Å². The van der Waals surface area contributed by atoms with Gasteiger partial charge >= 0.3 is 0 Å². The topological polar surface area (TPSA) is 42.0 Å². The molecule has 0 spiro atoms. The molecule has 2 heterocycles. The molecule has 4 heteroatoms. The Labute approximate surface area is 106 Å². The molecule has 1 N–H and O–H groups in total. The maximum atomic E-state index is 11.2. The minimum absolute atomic E-state index is 0.184. The highest BCUT2D eigenvalue weighted by molar-refractivity contribution is 8.14. The van der Waals surface area contributed by atoms with E-state index in [9.17, 15) is 4.79 Å². The lowest BCUT2D eigenvalue weighted by atomic mass is 10.0. The van der Waals surface area contributed by atoms with Crippen molar-refractivity contribution < 1.29 is 4.79 Å². The summed E-state index contributed by atoms with van der Waals surface area (Å²) in [6, 6.07) is 5.86. The summed E-state index contributed by atoms with van der Waals surface area (Å²) >= 11 is 1.43. The van der Waals surface area contributed by atoms with Gasteiger partial charge in [-0.1, -0.05) is 17.8 Å². The van der Waals surface area contributed by atoms with Crippen LogP contribution in [-0.2, 0) is 4.79 Å². The minimum atomic E-state index is 0.184. The molecule has 0 saturated carbocycles. The van der Waals surface area contributed by atoms with Crippen molar-refractivity contribution in [3.8, 4) is 0 Å². The summed E-state index contributed by atoms with van der Waals surface area (Å²) in [5, 5.41) is 3.82. The molecule has 1 aliphatic rings. The van der Waals surface area contributed by atoms with Crippen LogP contribution in [0.1, 0.15) is 19.0 Å². The van der Waals surface area contributed by atoms with Crippen molar-refractivity contribution in [3.63, 3.8) is 0 Å². The second-order valence-corrected chi connectivity index (χ2v) is 5.42. The van der Waals surface area contributed by atoms with E-state index in [4.69, 9.17) is 0 Å². The molecule has 1 fully saturated rings. The molecule has 17 heavy (non-hydrogen) atoms. The van der Waals surface area contributed by atoms with Gasteiger partial charge in [-0.25, -0.2) is 0 Å². The lowest BCUT2D eigenvalue weighted by molar-refractivity contribution is -0.109. The van der Waals surface area contributed by atoms with Gasteiger partial charge in [0.2, 0.25) is 0 Å². The summed E-state index contributed by atoms with van der Waals surface area (Å²) in [7, 11) is 0. The van der Waals surface area contributed by atoms with E-state index in [0.717, 1.165) is 25.2 Å². The first-order valence-corrected chi connectivity index (χ1v) is 6.63. The van der Waals surface area contributed by atoms with E-state index >= 15 is 0 Å². The first kappa shape index (κ1) is 12.3. The Morgan fingerprint density at radius 1 is 1.59 bits per heavy atom. The molecule has 1 atom stereocenters. The van der Waals surface area contributed by atoms with Gasteiger partial charge in [-0.3, -0.25) is 9.78 Å². The van der Waals surface area contributed by atoms with Crippen molar-refractivity contribution in [1.82, 2.24) is 10.3 Å². The molecule has 0 radical (unpaired) electrons. The standard InChI is InChI=1S/C13H16N2OS/c1-10(16)17-13-5-7-14-9-11(13)8-12-4-2-3-6-15-12/h2-4,6,8,13-14H,5,7,9H2,1H3/b11-8-. The van der Waals surface area contributed by atoms with E-state index in [2.05, 4.69) is 16.4 Å². The SMILES string of the molecule is CC(=O)SC1CCNC/C1=C/c1ccccn1. The number of thioether (sulfide) groups is 1. The van der Waals surface area contributed by atoms with E-state index in [-0.39, 0.29) is 5.12 Å². The fourth-order valence-corrected chi connectivity index (χ4v) is 2.83. The maximum absolute atomic E-state index is 11.2. The lowest BCUT2D eigenvalue weighted by Crippen LogP contribution is -2.32. The number of nitrogens with zero attached hydrogens (tertiary/aromatic N) is 1. The summed E-state index contributed by atoms with van der Waals surface area (Å²) < 4.78 is 0. The second-order valence-electron chi connectivity index (χ2n) is 4.04. The predicted molar refractivity (Wildman–Crippen MR) is 71.8 cm³/mol. The van der Waals surface area contributed by atoms with Gasteiger partial charge in [0.1, 0.15) is 0 Å². The van der Waals surface area contributed by atoms with Gasteiger partial charge in [-0.15, -0.1) is 0 Å². The van der Waals surface area contributed by atoms with Crippen molar-refractivity contribution in [1.29, 1.82) is 0 Å². The summed E-state index contributed by atoms with van der Waals surface area (Å²) in [6.45, 7) is 3.46. The van der Waals surface area contributed by atoms with Crippen LogP contribution in [0.3, 0.4) is 0 Å². The number of carbonyl (C=O) groups is 1. The Morgan fingerprint density at radius 2 is 2.47 bits per heavy atom. The average molecular weight is 248 g/mol. The fraction of sp³-hybridized carbons (Fsp3) is 0.385. The maximum Gasteiger partial charge on any atom is 0.186 e. The quantitative estimate of drug-likeness (QED) is 0.870. The van der Waals surface area contributed by atoms with E-state index in [1.165, 1.54) is 17.3 Å². The van der Waals surface area contributed by atoms with Crippen LogP contribution < -0.4 is 5.32 Å². The van der Waals surface area contributed by atoms with Gasteiger partial charge in [0.25, 0.3) is 0 Å². The average Bonchev–Trinajstić information content (AvgIpc) is 2.32. The van der Waals surface area contributed by atoms with Gasteiger partial charge < -0.3 is 5.32 Å². The summed E-state index contributed by atoms with van der Waals surface area (Å²) in [4.78, 5) is 15.5. The Bertz CT molecular complexity index is 417. The third-order valence-electron chi connectivity index (χ3n) is 2.66. The molecule has 1 saturated heterocycles. The number of hydrogen-bond donors (Lipinski definition) is 1. The highest BCUT2D eigenvalue weighted by Gasteiger charge is 2.20. The van der Waals surface area contributed by atoms with E-state index < -0.39 is 0 Å². The van der Waals surface area contributed by atoms with Crippen LogP contribution in [0.15, 0.2) is 30.0 Å². The molecule has 1 aromatic rings. The van der Waals surface area contributed by atoms with Crippen LogP contribution in [0.25, 0.3) is 6.08 Å². The molecule has 2 rings (SSSR count). The van der Waals surface area contributed by atoms with Gasteiger partial charge in [0, 0.05) is 24.9 Å². The number of aromatic nitrogens is 1. The molecular formula is C13H16N2OS. The van der Waals surface area contributed by atoms with E-state index in [0.29, 0.717) is 5.25 Å². The molecular weight excluding hydrogens is 232 g/mol. The molecule has 1 aliphatic heterocycles. The zero-order valence-corrected chi connectivity index (χ0v) is 10.7. The first-order valence-electron chi connectivity index (χ1n) is 5.75. The number of hydrogen-bond acceptors (Lipinski definition) is 4. The minimum Gasteiger partial charge on any atom is -0.313 e. The lowest BCUT2D eigenvalue weighted by Gasteiger charge is -2.24. The Hall–Kier alpha value is -1.13. The molecule has 1 aromatic heterocycles. The number of piperidine rings is 1. The Morgan fingerprint density at radius 3 is 3.18 bits per heavy atom. The second kappa shape index (κ2) is 5.98. The molecule has 3 nitrogen and oxygen atoms in total. The van der Waals surface area contributed by atoms with Gasteiger partial charge in [0.15, 0.2) is 5.12 Å². The predicted octanol–water partition coefficient (Wildman–Crippen LogP) is 2.11. The number of rotatable bonds is 2. The summed E-state index contributed by atoms with van der Waals surface area (Å²) in [5.74, 6) is 0. The highest BCUT2D eigenvalue weighted by atomic mass is 32.2. The largest absolute Gasteiger partial charge is 0.313 e. The first-order chi connectivity index (χ1) is 8.25. The van der Waals surface area contributed by atoms with Crippen LogP contribution in [-0.4, -0.2) is 28.4 Å². The fourth-order valence-electron chi connectivity index (χ4n) is 1.90. The van der Waals surface area contributed by atoms with Crippen LogP contribution in [0.5, 0.6) is 0 Å². The molecule has 0 amide bonds.